The van der Waals surface area contributed by atoms with Crippen LogP contribution in [0.2, 0.25) is 0 Å². The summed E-state index contributed by atoms with van der Waals surface area (Å²) in [7, 11) is 0. The zero-order valence-electron chi connectivity index (χ0n) is 16.4. The van der Waals surface area contributed by atoms with Gasteiger partial charge in [-0.05, 0) is 74.1 Å². The second-order valence-corrected chi connectivity index (χ2v) is 6.97. The molecule has 0 atom stereocenters. The molecule has 138 valence electrons. The van der Waals surface area contributed by atoms with Crippen LogP contribution in [0.15, 0.2) is 29.2 Å². The molecular weight excluding hydrogens is 338 g/mol. The number of hydrogen-bond acceptors (Lipinski definition) is 3. The van der Waals surface area contributed by atoms with E-state index in [2.05, 4.69) is 13.0 Å². The molecule has 5 heteroatoms. The molecule has 0 aliphatic rings. The van der Waals surface area contributed by atoms with E-state index in [1.54, 1.807) is 24.4 Å². The van der Waals surface area contributed by atoms with Gasteiger partial charge in [0.2, 0.25) is 0 Å². The third-order valence-corrected chi connectivity index (χ3v) is 5.70. The first-order valence-electron chi connectivity index (χ1n) is 8.99. The summed E-state index contributed by atoms with van der Waals surface area (Å²) in [4.78, 5) is 13.3. The third kappa shape index (κ3) is 2.78. The van der Waals surface area contributed by atoms with Gasteiger partial charge in [0.25, 0.3) is 5.65 Å². The lowest BCUT2D eigenvalue weighted by Gasteiger charge is -2.22. The Labute approximate surface area is 158 Å². The van der Waals surface area contributed by atoms with Gasteiger partial charge < -0.3 is 5.11 Å². The standard InChI is InChI=1S/C22H23N3O2/c1-13-14(2)16(4)19(17(5)15(13)3)20-21(26)24-11-7-6-9-18(24)25(22(20)27)12-8-10-23/h6-7,9,11H,8,12H2,1-5H3. The highest BCUT2D eigenvalue weighted by molar-refractivity contribution is 5.76. The van der Waals surface area contributed by atoms with E-state index in [0.29, 0.717) is 5.65 Å². The van der Waals surface area contributed by atoms with Gasteiger partial charge in [-0.2, -0.15) is 9.66 Å². The second-order valence-electron chi connectivity index (χ2n) is 6.97. The lowest BCUT2D eigenvalue weighted by molar-refractivity contribution is -0.714. The predicted octanol–water partition coefficient (Wildman–Crippen LogP) is 2.78. The fraction of sp³-hybridized carbons (Fsp3) is 0.318. The number of hydrogen-bond donors (Lipinski definition) is 0. The van der Waals surface area contributed by atoms with Gasteiger partial charge in [-0.3, -0.25) is 0 Å². The number of aryl methyl sites for hydroxylation is 1. The molecule has 0 amide bonds. The average Bonchev–Trinajstić information content (AvgIpc) is 2.67. The topological polar surface area (TPSA) is 72.2 Å². The van der Waals surface area contributed by atoms with Gasteiger partial charge in [-0.15, -0.1) is 0 Å². The van der Waals surface area contributed by atoms with Crippen molar-refractivity contribution in [3.8, 4) is 23.1 Å². The van der Waals surface area contributed by atoms with Crippen molar-refractivity contribution in [2.75, 3.05) is 0 Å². The highest BCUT2D eigenvalue weighted by Gasteiger charge is 2.24. The molecule has 0 fully saturated rings. The number of fused-ring (bicyclic) bond motifs is 1. The lowest BCUT2D eigenvalue weighted by Crippen LogP contribution is -2.44. The van der Waals surface area contributed by atoms with Crippen LogP contribution in [-0.4, -0.2) is 4.40 Å². The summed E-state index contributed by atoms with van der Waals surface area (Å²) in [6.45, 7) is 10.3. The van der Waals surface area contributed by atoms with Gasteiger partial charge in [0.15, 0.2) is 0 Å². The van der Waals surface area contributed by atoms with Crippen LogP contribution in [-0.2, 0) is 6.54 Å². The first-order valence-corrected chi connectivity index (χ1v) is 8.99. The number of benzene rings is 1. The molecule has 2 heterocycles. The minimum Gasteiger partial charge on any atom is -0.842 e. The van der Waals surface area contributed by atoms with Gasteiger partial charge >= 0.3 is 5.56 Å². The largest absolute Gasteiger partial charge is 0.842 e. The number of pyridine rings is 1. The fourth-order valence-electron chi connectivity index (χ4n) is 3.74. The monoisotopic (exact) mass is 361 g/mol. The van der Waals surface area contributed by atoms with Crippen LogP contribution in [0.1, 0.15) is 34.2 Å². The van der Waals surface area contributed by atoms with Gasteiger partial charge in [0.1, 0.15) is 12.1 Å². The molecule has 1 aromatic carbocycles. The SMILES string of the molecule is Cc1c(C)c(C)c(-c2c([O-])[n+](CCC#N)c3ccccn3c2=O)c(C)c1C. The van der Waals surface area contributed by atoms with E-state index >= 15 is 0 Å². The predicted molar refractivity (Wildman–Crippen MR) is 103 cm³/mol. The number of aromatic nitrogens is 2. The first kappa shape index (κ1) is 18.7. The molecule has 0 N–H and O–H groups in total. The van der Waals surface area contributed by atoms with Crippen LogP contribution in [0, 0.1) is 45.9 Å². The van der Waals surface area contributed by atoms with Crippen LogP contribution in [0.25, 0.3) is 16.8 Å². The van der Waals surface area contributed by atoms with Crippen molar-refractivity contribution in [3.05, 3.63) is 62.6 Å². The van der Waals surface area contributed by atoms with E-state index in [4.69, 9.17) is 5.26 Å². The molecule has 0 aliphatic carbocycles. The van der Waals surface area contributed by atoms with E-state index in [0.717, 1.165) is 27.8 Å². The molecule has 0 saturated heterocycles. The summed E-state index contributed by atoms with van der Waals surface area (Å²) in [5.41, 5.74) is 6.34. The molecule has 0 spiro atoms. The Hall–Kier alpha value is -3.13. The Morgan fingerprint density at radius 1 is 1.00 bits per heavy atom. The highest BCUT2D eigenvalue weighted by Crippen LogP contribution is 2.34. The van der Waals surface area contributed by atoms with Crippen LogP contribution in [0.3, 0.4) is 0 Å². The molecule has 0 radical (unpaired) electrons. The summed E-state index contributed by atoms with van der Waals surface area (Å²) in [5, 5.41) is 22.4. The number of nitrogens with zero attached hydrogens (tertiary/aromatic N) is 3. The molecule has 5 nitrogen and oxygen atoms in total. The molecule has 2 aromatic heterocycles. The minimum absolute atomic E-state index is 0.179. The molecule has 0 bridgehead atoms. The van der Waals surface area contributed by atoms with E-state index in [-0.39, 0.29) is 30.0 Å². The maximum Gasteiger partial charge on any atom is 0.349 e. The van der Waals surface area contributed by atoms with Crippen LogP contribution in [0.5, 0.6) is 5.88 Å². The Bertz CT molecular complexity index is 1140. The number of nitriles is 1. The number of rotatable bonds is 3. The van der Waals surface area contributed by atoms with Gasteiger partial charge in [0, 0.05) is 6.07 Å². The Morgan fingerprint density at radius 3 is 2.19 bits per heavy atom. The molecule has 0 saturated carbocycles. The zero-order chi connectivity index (χ0) is 19.9. The third-order valence-electron chi connectivity index (χ3n) is 5.70. The molecule has 3 aromatic rings. The normalized spacial score (nSPS) is 11.0. The minimum atomic E-state index is -0.338. The quantitative estimate of drug-likeness (QED) is 0.674. The summed E-state index contributed by atoms with van der Waals surface area (Å²) in [5.74, 6) is -0.338. The van der Waals surface area contributed by atoms with E-state index in [1.807, 2.05) is 27.7 Å². The maximum atomic E-state index is 13.4. The molecule has 0 unspecified atom stereocenters. The van der Waals surface area contributed by atoms with Gasteiger partial charge in [0.05, 0.1) is 24.6 Å². The van der Waals surface area contributed by atoms with Crippen molar-refractivity contribution in [1.29, 1.82) is 5.26 Å². The molecule has 3 rings (SSSR count). The zero-order valence-corrected chi connectivity index (χ0v) is 16.4. The lowest BCUT2D eigenvalue weighted by atomic mass is 9.87. The Morgan fingerprint density at radius 2 is 1.59 bits per heavy atom. The summed E-state index contributed by atoms with van der Waals surface area (Å²) in [6.07, 6.45) is 1.87. The highest BCUT2D eigenvalue weighted by atomic mass is 16.3. The smallest absolute Gasteiger partial charge is 0.349 e. The van der Waals surface area contributed by atoms with Crippen LogP contribution < -0.4 is 15.2 Å². The summed E-state index contributed by atoms with van der Waals surface area (Å²) in [6, 6.07) is 7.37. The van der Waals surface area contributed by atoms with Crippen molar-refractivity contribution in [3.63, 3.8) is 0 Å². The van der Waals surface area contributed by atoms with Crippen LogP contribution >= 0.6 is 0 Å². The first-order chi connectivity index (χ1) is 12.8. The van der Waals surface area contributed by atoms with Crippen molar-refractivity contribution in [2.45, 2.75) is 47.6 Å². The van der Waals surface area contributed by atoms with Gasteiger partial charge in [-0.25, -0.2) is 9.36 Å². The van der Waals surface area contributed by atoms with Gasteiger partial charge in [-0.1, -0.05) is 6.07 Å². The average molecular weight is 361 g/mol. The summed E-state index contributed by atoms with van der Waals surface area (Å²) >= 11 is 0. The van der Waals surface area contributed by atoms with Crippen LogP contribution in [0.4, 0.5) is 0 Å². The molecular formula is C22H23N3O2. The fourth-order valence-corrected chi connectivity index (χ4v) is 3.74. The van der Waals surface area contributed by atoms with E-state index in [1.165, 1.54) is 14.5 Å². The Balaban J connectivity index is 2.51. The van der Waals surface area contributed by atoms with Crippen molar-refractivity contribution < 1.29 is 9.67 Å². The maximum absolute atomic E-state index is 13.4. The Kier molecular flexibility index (Phi) is 4.75. The van der Waals surface area contributed by atoms with E-state index < -0.39 is 0 Å². The van der Waals surface area contributed by atoms with Crippen molar-refractivity contribution >= 4 is 5.65 Å². The second kappa shape index (κ2) is 6.88. The van der Waals surface area contributed by atoms with Crippen molar-refractivity contribution in [2.24, 2.45) is 0 Å². The van der Waals surface area contributed by atoms with Crippen molar-refractivity contribution in [1.82, 2.24) is 4.40 Å². The van der Waals surface area contributed by atoms with E-state index in [9.17, 15) is 9.90 Å². The molecule has 0 aliphatic heterocycles. The molecule has 27 heavy (non-hydrogen) atoms. The summed E-state index contributed by atoms with van der Waals surface area (Å²) < 4.78 is 3.03.